The maximum Gasteiger partial charge on any atom is 0.326 e. The third-order valence-electron chi connectivity index (χ3n) is 3.89. The highest BCUT2D eigenvalue weighted by Crippen LogP contribution is 2.19. The van der Waals surface area contributed by atoms with Crippen LogP contribution >= 0.6 is 0 Å². The molecule has 0 saturated heterocycles. The van der Waals surface area contributed by atoms with Crippen molar-refractivity contribution in [3.63, 3.8) is 0 Å². The van der Waals surface area contributed by atoms with Crippen LogP contribution in [0.5, 0.6) is 0 Å². The molecule has 3 aromatic rings. The third-order valence-corrected chi connectivity index (χ3v) is 3.89. The average Bonchev–Trinajstić information content (AvgIpc) is 3.17. The molecular formula is C17H25N9O. The monoisotopic (exact) mass is 371 g/mol. The summed E-state index contributed by atoms with van der Waals surface area (Å²) in [4.78, 5) is 20.8. The summed E-state index contributed by atoms with van der Waals surface area (Å²) < 4.78 is 3.53. The molecule has 10 heteroatoms. The first-order chi connectivity index (χ1) is 12.8. The van der Waals surface area contributed by atoms with Gasteiger partial charge in [0.05, 0.1) is 12.2 Å². The summed E-state index contributed by atoms with van der Waals surface area (Å²) >= 11 is 0. The van der Waals surface area contributed by atoms with Crippen molar-refractivity contribution in [2.75, 3.05) is 50.3 Å². The van der Waals surface area contributed by atoms with Crippen molar-refractivity contribution in [3.8, 4) is 0 Å². The molecule has 0 atom stereocenters. The van der Waals surface area contributed by atoms with Gasteiger partial charge >= 0.3 is 6.03 Å². The van der Waals surface area contributed by atoms with Gasteiger partial charge in [0.1, 0.15) is 11.6 Å². The molecule has 0 aromatic carbocycles. The molecule has 0 aliphatic rings. The Morgan fingerprint density at radius 1 is 1.11 bits per heavy atom. The van der Waals surface area contributed by atoms with Crippen LogP contribution in [0.1, 0.15) is 5.69 Å². The van der Waals surface area contributed by atoms with Crippen molar-refractivity contribution in [1.82, 2.24) is 29.3 Å². The Balaban J connectivity index is 1.70. The molecule has 0 unspecified atom stereocenters. The predicted octanol–water partition coefficient (Wildman–Crippen LogP) is 1.51. The van der Waals surface area contributed by atoms with Crippen LogP contribution in [0.25, 0.3) is 5.65 Å². The average molecular weight is 371 g/mol. The van der Waals surface area contributed by atoms with Gasteiger partial charge in [-0.15, -0.1) is 0 Å². The number of aromatic nitrogens is 5. The van der Waals surface area contributed by atoms with Gasteiger partial charge in [-0.25, -0.2) is 9.78 Å². The predicted molar refractivity (Wildman–Crippen MR) is 105 cm³/mol. The number of fused-ring (bicyclic) bond motifs is 1. The van der Waals surface area contributed by atoms with Crippen LogP contribution in [0.4, 0.5) is 22.2 Å². The van der Waals surface area contributed by atoms with Crippen molar-refractivity contribution in [2.45, 2.75) is 13.5 Å². The van der Waals surface area contributed by atoms with E-state index >= 15 is 0 Å². The van der Waals surface area contributed by atoms with E-state index in [0.717, 1.165) is 24.6 Å². The zero-order valence-electron chi connectivity index (χ0n) is 16.3. The fourth-order valence-electron chi connectivity index (χ4n) is 2.57. The minimum Gasteiger partial charge on any atom is -0.363 e. The zero-order valence-corrected chi connectivity index (χ0v) is 16.3. The third kappa shape index (κ3) is 4.53. The summed E-state index contributed by atoms with van der Waals surface area (Å²) in [6.07, 6.45) is 1.84. The molecule has 0 saturated carbocycles. The Morgan fingerprint density at radius 3 is 2.56 bits per heavy atom. The van der Waals surface area contributed by atoms with Crippen LogP contribution in [0.15, 0.2) is 24.4 Å². The Bertz CT molecular complexity index is 941. The van der Waals surface area contributed by atoms with E-state index in [0.29, 0.717) is 17.3 Å². The smallest absolute Gasteiger partial charge is 0.326 e. The largest absolute Gasteiger partial charge is 0.363 e. The first-order valence-electron chi connectivity index (χ1n) is 8.63. The lowest BCUT2D eigenvalue weighted by Crippen LogP contribution is -2.22. The van der Waals surface area contributed by atoms with Crippen molar-refractivity contribution < 1.29 is 4.79 Å². The molecule has 0 fully saturated rings. The topological polar surface area (TPSA) is 95.6 Å². The van der Waals surface area contributed by atoms with Crippen molar-refractivity contribution >= 4 is 29.1 Å². The summed E-state index contributed by atoms with van der Waals surface area (Å²) in [5.41, 5.74) is 1.53. The van der Waals surface area contributed by atoms with E-state index in [4.69, 9.17) is 0 Å². The Labute approximate surface area is 157 Å². The van der Waals surface area contributed by atoms with Crippen LogP contribution in [-0.4, -0.2) is 70.0 Å². The molecule has 3 aromatic heterocycles. The normalized spacial score (nSPS) is 11.2. The van der Waals surface area contributed by atoms with Gasteiger partial charge in [0.15, 0.2) is 11.5 Å². The minimum atomic E-state index is -0.398. The van der Waals surface area contributed by atoms with Crippen LogP contribution in [0.2, 0.25) is 0 Å². The van der Waals surface area contributed by atoms with E-state index in [2.05, 4.69) is 30.7 Å². The number of carbonyl (C=O) groups excluding carboxylic acids is 1. The lowest BCUT2D eigenvalue weighted by atomic mass is 10.4. The van der Waals surface area contributed by atoms with Crippen LogP contribution < -0.4 is 15.5 Å². The summed E-state index contributed by atoms with van der Waals surface area (Å²) in [5.74, 6) is 1.74. The van der Waals surface area contributed by atoms with E-state index in [1.165, 1.54) is 0 Å². The summed E-state index contributed by atoms with van der Waals surface area (Å²) in [6, 6.07) is 5.00. The highest BCUT2D eigenvalue weighted by Gasteiger charge is 2.12. The molecular weight excluding hydrogens is 346 g/mol. The fourth-order valence-corrected chi connectivity index (χ4v) is 2.57. The quantitative estimate of drug-likeness (QED) is 0.682. The number of hydrogen-bond donors (Lipinski definition) is 2. The Hall–Kier alpha value is -3.14. The molecule has 0 spiro atoms. The second-order valence-electron chi connectivity index (χ2n) is 6.80. The highest BCUT2D eigenvalue weighted by atomic mass is 16.2. The lowest BCUT2D eigenvalue weighted by Gasteiger charge is -2.15. The number of nitrogens with zero attached hydrogens (tertiary/aromatic N) is 7. The van der Waals surface area contributed by atoms with Gasteiger partial charge in [0, 0.05) is 45.0 Å². The Morgan fingerprint density at radius 2 is 1.85 bits per heavy atom. The molecule has 144 valence electrons. The maximum absolute atomic E-state index is 12.3. The van der Waals surface area contributed by atoms with E-state index in [9.17, 15) is 4.79 Å². The molecule has 3 rings (SSSR count). The van der Waals surface area contributed by atoms with Gasteiger partial charge in [0.2, 0.25) is 0 Å². The zero-order chi connectivity index (χ0) is 19.6. The molecule has 2 N–H and O–H groups in total. The van der Waals surface area contributed by atoms with Crippen molar-refractivity contribution in [3.05, 3.63) is 30.1 Å². The number of amides is 2. The molecule has 0 bridgehead atoms. The number of carbonyl (C=O) groups is 1. The van der Waals surface area contributed by atoms with E-state index < -0.39 is 6.03 Å². The molecule has 0 aliphatic heterocycles. The summed E-state index contributed by atoms with van der Waals surface area (Å²) in [6.45, 7) is 3.52. The van der Waals surface area contributed by atoms with E-state index in [1.54, 1.807) is 21.3 Å². The summed E-state index contributed by atoms with van der Waals surface area (Å²) in [7, 11) is 7.83. The first-order valence-corrected chi connectivity index (χ1v) is 8.63. The molecule has 10 nitrogen and oxygen atoms in total. The number of anilines is 3. The second kappa shape index (κ2) is 7.62. The molecule has 2 amide bonds. The van der Waals surface area contributed by atoms with Crippen LogP contribution in [0, 0.1) is 6.92 Å². The van der Waals surface area contributed by atoms with Gasteiger partial charge in [0.25, 0.3) is 0 Å². The maximum atomic E-state index is 12.3. The number of urea groups is 1. The number of aryl methyl sites for hydroxylation is 1. The van der Waals surface area contributed by atoms with Crippen molar-refractivity contribution in [1.29, 1.82) is 0 Å². The first kappa shape index (κ1) is 18.6. The molecule has 3 heterocycles. The van der Waals surface area contributed by atoms with Gasteiger partial charge in [-0.1, -0.05) is 0 Å². The van der Waals surface area contributed by atoms with E-state index in [1.807, 2.05) is 52.3 Å². The Kier molecular flexibility index (Phi) is 5.26. The number of likely N-dealkylation sites (N-methyl/N-ethyl adjacent to an activating group) is 1. The molecule has 0 aliphatic carbocycles. The van der Waals surface area contributed by atoms with E-state index in [-0.39, 0.29) is 0 Å². The lowest BCUT2D eigenvalue weighted by molar-refractivity contribution is 0.262. The number of nitrogens with one attached hydrogen (secondary N) is 2. The second-order valence-corrected chi connectivity index (χ2v) is 6.80. The molecule has 27 heavy (non-hydrogen) atoms. The standard InChI is InChI=1S/C17H25N9O/c1-12-10-15-18-14(11-16(24(4)5)26(15)21-12)20-17(27)19-13-6-7-25(22-13)9-8-23(2)3/h6-7,10-11H,8-9H2,1-5H3,(H2,18,19,20,22,27). The van der Waals surface area contributed by atoms with Gasteiger partial charge in [-0.3, -0.25) is 15.3 Å². The van der Waals surface area contributed by atoms with Crippen molar-refractivity contribution in [2.24, 2.45) is 0 Å². The van der Waals surface area contributed by atoms with Gasteiger partial charge in [-0.05, 0) is 21.0 Å². The van der Waals surface area contributed by atoms with Crippen LogP contribution in [0.3, 0.4) is 0 Å². The summed E-state index contributed by atoms with van der Waals surface area (Å²) in [5, 5.41) is 14.2. The minimum absolute atomic E-state index is 0.398. The molecule has 0 radical (unpaired) electrons. The van der Waals surface area contributed by atoms with Gasteiger partial charge in [-0.2, -0.15) is 14.7 Å². The number of hydrogen-bond acceptors (Lipinski definition) is 6. The number of rotatable bonds is 6. The SMILES string of the molecule is Cc1cc2nc(NC(=O)Nc3ccn(CCN(C)C)n3)cc(N(C)C)n2n1. The highest BCUT2D eigenvalue weighted by molar-refractivity contribution is 5.98. The fraction of sp³-hybridized carbons (Fsp3) is 0.412. The van der Waals surface area contributed by atoms with Crippen LogP contribution in [-0.2, 0) is 6.54 Å². The van der Waals surface area contributed by atoms with Gasteiger partial charge < -0.3 is 9.80 Å².